The number of phenols is 1. The van der Waals surface area contributed by atoms with E-state index in [2.05, 4.69) is 0 Å². The van der Waals surface area contributed by atoms with Gasteiger partial charge in [0.25, 0.3) is 0 Å². The lowest BCUT2D eigenvalue weighted by Gasteiger charge is -2.45. The van der Waals surface area contributed by atoms with Crippen LogP contribution in [0.25, 0.3) is 0 Å². The standard InChI is InChI=1S/C27H40O5/c1-19(28)32-27(16-14-23(25(30)18-27)21-7-3-2-4-8-21)15-13-20-11-12-24(29)26(17-20)31-22-9-5-6-10-22/h11-12,17,21-23,25,29-30H,2-10,13-16,18H2,1H3. The number of carbonyl (C=O) groups excluding carboxylic acids is 1. The van der Waals surface area contributed by atoms with Gasteiger partial charge in [-0.2, -0.15) is 0 Å². The van der Waals surface area contributed by atoms with Crippen LogP contribution in [-0.2, 0) is 16.0 Å². The molecule has 3 fully saturated rings. The number of esters is 1. The first kappa shape index (κ1) is 23.4. The third kappa shape index (κ3) is 5.78. The second kappa shape index (κ2) is 10.5. The molecule has 0 spiro atoms. The SMILES string of the molecule is CC(=O)OC1(CCc2ccc(O)c(OC3CCCC3)c2)CCC(C2CCCCC2)C(O)C1. The molecule has 3 atom stereocenters. The van der Waals surface area contributed by atoms with Gasteiger partial charge in [0.05, 0.1) is 12.2 Å². The first-order chi connectivity index (χ1) is 15.4. The maximum Gasteiger partial charge on any atom is 0.303 e. The van der Waals surface area contributed by atoms with Gasteiger partial charge >= 0.3 is 5.97 Å². The predicted octanol–water partition coefficient (Wildman–Crippen LogP) is 5.69. The number of ether oxygens (including phenoxy) is 2. The molecule has 3 saturated carbocycles. The van der Waals surface area contributed by atoms with Crippen LogP contribution in [0.5, 0.6) is 11.5 Å². The van der Waals surface area contributed by atoms with E-state index in [0.717, 1.165) is 37.7 Å². The summed E-state index contributed by atoms with van der Waals surface area (Å²) >= 11 is 0. The fourth-order valence-corrected chi connectivity index (χ4v) is 6.41. The Morgan fingerprint density at radius 3 is 2.47 bits per heavy atom. The van der Waals surface area contributed by atoms with Crippen molar-refractivity contribution in [3.8, 4) is 11.5 Å². The normalized spacial score (nSPS) is 29.7. The molecule has 1 aromatic carbocycles. The number of aliphatic hydroxyl groups excluding tert-OH is 1. The third-order valence-corrected chi connectivity index (χ3v) is 8.11. The second-order valence-corrected chi connectivity index (χ2v) is 10.5. The largest absolute Gasteiger partial charge is 0.504 e. The zero-order chi connectivity index (χ0) is 22.6. The quantitative estimate of drug-likeness (QED) is 0.529. The van der Waals surface area contributed by atoms with Crippen molar-refractivity contribution < 1.29 is 24.5 Å². The molecule has 5 heteroatoms. The molecule has 0 radical (unpaired) electrons. The van der Waals surface area contributed by atoms with E-state index >= 15 is 0 Å². The second-order valence-electron chi connectivity index (χ2n) is 10.5. The van der Waals surface area contributed by atoms with Crippen LogP contribution in [0, 0.1) is 11.8 Å². The lowest BCUT2D eigenvalue weighted by atomic mass is 9.67. The van der Waals surface area contributed by atoms with Crippen LogP contribution in [0.2, 0.25) is 0 Å². The topological polar surface area (TPSA) is 76.0 Å². The molecule has 3 aliphatic carbocycles. The van der Waals surface area contributed by atoms with E-state index < -0.39 is 11.7 Å². The minimum Gasteiger partial charge on any atom is -0.504 e. The number of benzene rings is 1. The van der Waals surface area contributed by atoms with Crippen LogP contribution >= 0.6 is 0 Å². The molecule has 3 aliphatic rings. The Labute approximate surface area is 192 Å². The monoisotopic (exact) mass is 444 g/mol. The maximum absolute atomic E-state index is 12.0. The van der Waals surface area contributed by atoms with Crippen molar-refractivity contribution in [3.63, 3.8) is 0 Å². The van der Waals surface area contributed by atoms with E-state index in [1.807, 2.05) is 12.1 Å². The average molecular weight is 445 g/mol. The highest BCUT2D eigenvalue weighted by molar-refractivity contribution is 5.66. The van der Waals surface area contributed by atoms with E-state index in [9.17, 15) is 15.0 Å². The fourth-order valence-electron chi connectivity index (χ4n) is 6.41. The number of rotatable bonds is 7. The minimum atomic E-state index is -0.610. The van der Waals surface area contributed by atoms with E-state index in [1.54, 1.807) is 6.07 Å². The number of aryl methyl sites for hydroxylation is 1. The van der Waals surface area contributed by atoms with Gasteiger partial charge in [0, 0.05) is 13.3 Å². The summed E-state index contributed by atoms with van der Waals surface area (Å²) in [6.45, 7) is 1.47. The van der Waals surface area contributed by atoms with Crippen molar-refractivity contribution in [3.05, 3.63) is 23.8 Å². The number of phenolic OH excluding ortho intramolecular Hbond substituents is 1. The Morgan fingerprint density at radius 2 is 1.78 bits per heavy atom. The zero-order valence-electron chi connectivity index (χ0n) is 19.6. The summed E-state index contributed by atoms with van der Waals surface area (Å²) in [6, 6.07) is 5.55. The van der Waals surface area contributed by atoms with Gasteiger partial charge < -0.3 is 19.7 Å². The molecule has 0 bridgehead atoms. The average Bonchev–Trinajstić information content (AvgIpc) is 3.28. The lowest BCUT2D eigenvalue weighted by Crippen LogP contribution is -2.47. The highest BCUT2D eigenvalue weighted by atomic mass is 16.6. The summed E-state index contributed by atoms with van der Waals surface area (Å²) in [5.74, 6) is 1.40. The first-order valence-corrected chi connectivity index (χ1v) is 12.8. The van der Waals surface area contributed by atoms with Gasteiger partial charge in [-0.3, -0.25) is 4.79 Å². The van der Waals surface area contributed by atoms with Crippen molar-refractivity contribution in [1.29, 1.82) is 0 Å². The zero-order valence-corrected chi connectivity index (χ0v) is 19.6. The highest BCUT2D eigenvalue weighted by Gasteiger charge is 2.44. The number of aliphatic hydroxyl groups is 1. The molecular weight excluding hydrogens is 404 g/mol. The molecule has 0 aromatic heterocycles. The van der Waals surface area contributed by atoms with Gasteiger partial charge in [-0.1, -0.05) is 38.2 Å². The van der Waals surface area contributed by atoms with Crippen LogP contribution in [0.4, 0.5) is 0 Å². The van der Waals surface area contributed by atoms with Gasteiger partial charge in [-0.05, 0) is 80.9 Å². The molecule has 2 N–H and O–H groups in total. The van der Waals surface area contributed by atoms with Crippen LogP contribution in [-0.4, -0.2) is 34.0 Å². The summed E-state index contributed by atoms with van der Waals surface area (Å²) in [4.78, 5) is 12.0. The van der Waals surface area contributed by atoms with Crippen molar-refractivity contribution in [2.75, 3.05) is 0 Å². The molecule has 5 nitrogen and oxygen atoms in total. The predicted molar refractivity (Wildman–Crippen MR) is 124 cm³/mol. The Morgan fingerprint density at radius 1 is 1.06 bits per heavy atom. The Hall–Kier alpha value is -1.75. The Kier molecular flexibility index (Phi) is 7.65. The minimum absolute atomic E-state index is 0.179. The summed E-state index contributed by atoms with van der Waals surface area (Å²) in [5.41, 5.74) is 0.451. The Balaban J connectivity index is 1.41. The van der Waals surface area contributed by atoms with Crippen molar-refractivity contribution in [1.82, 2.24) is 0 Å². The van der Waals surface area contributed by atoms with Gasteiger partial charge in [0.2, 0.25) is 0 Å². The fraction of sp³-hybridized carbons (Fsp3) is 0.741. The van der Waals surface area contributed by atoms with Gasteiger partial charge in [0.15, 0.2) is 11.5 Å². The number of hydrogen-bond acceptors (Lipinski definition) is 5. The van der Waals surface area contributed by atoms with Crippen LogP contribution in [0.3, 0.4) is 0 Å². The molecule has 0 amide bonds. The first-order valence-electron chi connectivity index (χ1n) is 12.8. The summed E-state index contributed by atoms with van der Waals surface area (Å²) < 4.78 is 11.9. The molecular formula is C27H40O5. The van der Waals surface area contributed by atoms with E-state index in [-0.39, 0.29) is 17.8 Å². The third-order valence-electron chi connectivity index (χ3n) is 8.11. The maximum atomic E-state index is 12.0. The number of carbonyl (C=O) groups is 1. The molecule has 178 valence electrons. The lowest BCUT2D eigenvalue weighted by molar-refractivity contribution is -0.170. The molecule has 1 aromatic rings. The summed E-state index contributed by atoms with van der Waals surface area (Å²) in [7, 11) is 0. The highest BCUT2D eigenvalue weighted by Crippen LogP contribution is 2.45. The molecule has 4 rings (SSSR count). The van der Waals surface area contributed by atoms with Crippen molar-refractivity contribution in [2.24, 2.45) is 11.8 Å². The molecule has 0 heterocycles. The van der Waals surface area contributed by atoms with E-state index in [0.29, 0.717) is 30.4 Å². The van der Waals surface area contributed by atoms with Crippen LogP contribution < -0.4 is 4.74 Å². The van der Waals surface area contributed by atoms with Crippen molar-refractivity contribution in [2.45, 2.75) is 115 Å². The van der Waals surface area contributed by atoms with Gasteiger partial charge in [-0.15, -0.1) is 0 Å². The Bertz CT molecular complexity index is 765. The number of aromatic hydroxyl groups is 1. The summed E-state index contributed by atoms with van der Waals surface area (Å²) in [5, 5.41) is 21.3. The molecule has 3 unspecified atom stereocenters. The van der Waals surface area contributed by atoms with E-state index in [1.165, 1.54) is 51.9 Å². The van der Waals surface area contributed by atoms with Crippen molar-refractivity contribution >= 4 is 5.97 Å². The van der Waals surface area contributed by atoms with Gasteiger partial charge in [0.1, 0.15) is 5.60 Å². The summed E-state index contributed by atoms with van der Waals surface area (Å²) in [6.07, 6.45) is 14.2. The van der Waals surface area contributed by atoms with E-state index in [4.69, 9.17) is 9.47 Å². The van der Waals surface area contributed by atoms with Crippen LogP contribution in [0.1, 0.15) is 96.0 Å². The molecule has 0 saturated heterocycles. The number of hydrogen-bond donors (Lipinski definition) is 2. The molecule has 32 heavy (non-hydrogen) atoms. The van der Waals surface area contributed by atoms with Crippen LogP contribution in [0.15, 0.2) is 18.2 Å². The smallest absolute Gasteiger partial charge is 0.303 e. The van der Waals surface area contributed by atoms with Gasteiger partial charge in [-0.25, -0.2) is 0 Å². The molecule has 0 aliphatic heterocycles.